The number of rotatable bonds is 6. The lowest BCUT2D eigenvalue weighted by molar-refractivity contribution is -0.192. The lowest BCUT2D eigenvalue weighted by Gasteiger charge is -2.05. The Bertz CT molecular complexity index is 1550. The number of nitrogens with one attached hydrogen (secondary N) is 3. The van der Waals surface area contributed by atoms with Crippen LogP contribution in [0.2, 0.25) is 5.02 Å². The second-order valence-electron chi connectivity index (χ2n) is 7.38. The molecule has 190 valence electrons. The van der Waals surface area contributed by atoms with Crippen molar-refractivity contribution in [2.75, 3.05) is 5.32 Å². The molecule has 0 unspecified atom stereocenters. The Morgan fingerprint density at radius 2 is 1.89 bits per heavy atom. The summed E-state index contributed by atoms with van der Waals surface area (Å²) in [6.45, 7) is 0. The number of aromatic nitrogens is 6. The highest BCUT2D eigenvalue weighted by Gasteiger charge is 2.38. The Hall–Kier alpha value is -4.30. The lowest BCUT2D eigenvalue weighted by atomic mass is 10.0. The van der Waals surface area contributed by atoms with E-state index >= 15 is 0 Å². The largest absolute Gasteiger partial charge is 0.490 e. The van der Waals surface area contributed by atoms with Crippen molar-refractivity contribution in [1.29, 1.82) is 0 Å². The summed E-state index contributed by atoms with van der Waals surface area (Å²) >= 11 is 7.70. The third kappa shape index (κ3) is 6.29. The molecular weight excluding hydrogens is 535 g/mol. The minimum Gasteiger partial charge on any atom is -0.475 e. The molecular formula is C22H15ClF3N7O3S. The minimum atomic E-state index is -5.08. The number of aliphatic carboxylic acids is 1. The van der Waals surface area contributed by atoms with Gasteiger partial charge < -0.3 is 10.4 Å². The van der Waals surface area contributed by atoms with Crippen LogP contribution in [0.4, 0.5) is 24.0 Å². The van der Waals surface area contributed by atoms with Crippen molar-refractivity contribution in [3.05, 3.63) is 71.1 Å². The summed E-state index contributed by atoms with van der Waals surface area (Å²) in [4.78, 5) is 25.8. The van der Waals surface area contributed by atoms with Gasteiger partial charge in [-0.25, -0.2) is 4.79 Å². The summed E-state index contributed by atoms with van der Waals surface area (Å²) in [5.41, 5.74) is 3.80. The van der Waals surface area contributed by atoms with Gasteiger partial charge in [0.05, 0.1) is 22.4 Å². The van der Waals surface area contributed by atoms with Crippen LogP contribution >= 0.6 is 23.1 Å². The highest BCUT2D eigenvalue weighted by Crippen LogP contribution is 2.33. The number of halogens is 4. The van der Waals surface area contributed by atoms with E-state index in [4.69, 9.17) is 21.5 Å². The number of Topliss-reactive ketones (excluding diaryl/α,β-unsaturated/α-hetero) is 1. The average molecular weight is 550 g/mol. The van der Waals surface area contributed by atoms with Crippen LogP contribution in [0.5, 0.6) is 0 Å². The van der Waals surface area contributed by atoms with Gasteiger partial charge in [-0.15, -0.1) is 0 Å². The van der Waals surface area contributed by atoms with E-state index in [-0.39, 0.29) is 12.2 Å². The maximum absolute atomic E-state index is 12.3. The summed E-state index contributed by atoms with van der Waals surface area (Å²) < 4.78 is 36.2. The van der Waals surface area contributed by atoms with Crippen molar-refractivity contribution < 1.29 is 27.9 Å². The first kappa shape index (κ1) is 25.8. The van der Waals surface area contributed by atoms with Gasteiger partial charge in [0, 0.05) is 35.1 Å². The molecule has 5 rings (SSSR count). The normalized spacial score (nSPS) is 11.1. The molecule has 2 aromatic carbocycles. The lowest BCUT2D eigenvalue weighted by Crippen LogP contribution is -2.21. The molecule has 37 heavy (non-hydrogen) atoms. The van der Waals surface area contributed by atoms with Crippen molar-refractivity contribution in [1.82, 2.24) is 29.8 Å². The average Bonchev–Trinajstić information content (AvgIpc) is 3.63. The predicted molar refractivity (Wildman–Crippen MR) is 130 cm³/mol. The fourth-order valence-corrected chi connectivity index (χ4v) is 3.96. The monoisotopic (exact) mass is 549 g/mol. The van der Waals surface area contributed by atoms with Gasteiger partial charge in [0.1, 0.15) is 5.69 Å². The van der Waals surface area contributed by atoms with Crippen LogP contribution in [0.15, 0.2) is 54.9 Å². The Morgan fingerprint density at radius 1 is 1.11 bits per heavy atom. The van der Waals surface area contributed by atoms with E-state index in [0.717, 1.165) is 27.7 Å². The van der Waals surface area contributed by atoms with E-state index in [1.165, 1.54) is 11.5 Å². The molecule has 0 saturated heterocycles. The van der Waals surface area contributed by atoms with Crippen molar-refractivity contribution in [3.8, 4) is 11.4 Å². The standard InChI is InChI=1S/C20H14ClN7OS.C2HF3O2/c21-18-13-10-23-26-14(13)4-5-16(18)24-20-25-19(28-30-20)12-3-1-2-11(8-12)9-17(29)15-6-7-22-27-15;3-2(4,5)1(6)7/h1-8,10H,9H2,(H,22,27)(H,23,26)(H,24,25,28);(H,6,7). The van der Waals surface area contributed by atoms with E-state index in [1.807, 2.05) is 36.4 Å². The predicted octanol–water partition coefficient (Wildman–Crippen LogP) is 5.26. The molecule has 0 aliphatic carbocycles. The van der Waals surface area contributed by atoms with Gasteiger partial charge >= 0.3 is 12.1 Å². The number of H-pyrrole nitrogens is 2. The van der Waals surface area contributed by atoms with Crippen LogP contribution in [0.1, 0.15) is 16.1 Å². The Balaban J connectivity index is 0.000000405. The van der Waals surface area contributed by atoms with Crippen LogP contribution in [-0.4, -0.2) is 52.8 Å². The van der Waals surface area contributed by atoms with Gasteiger partial charge in [-0.3, -0.25) is 15.0 Å². The molecule has 0 amide bonds. The van der Waals surface area contributed by atoms with Crippen molar-refractivity contribution in [2.45, 2.75) is 12.6 Å². The number of aromatic amines is 2. The number of carboxylic acid groups (broad SMARTS) is 1. The molecule has 0 saturated carbocycles. The molecule has 3 aromatic heterocycles. The first-order chi connectivity index (χ1) is 17.6. The molecule has 0 spiro atoms. The van der Waals surface area contributed by atoms with Crippen LogP contribution < -0.4 is 5.32 Å². The van der Waals surface area contributed by atoms with Gasteiger partial charge in [0.25, 0.3) is 0 Å². The number of fused-ring (bicyclic) bond motifs is 1. The number of carboxylic acids is 1. The first-order valence-corrected chi connectivity index (χ1v) is 11.4. The van der Waals surface area contributed by atoms with Gasteiger partial charge in [-0.05, 0) is 29.8 Å². The Morgan fingerprint density at radius 3 is 2.59 bits per heavy atom. The molecule has 3 heterocycles. The van der Waals surface area contributed by atoms with Crippen LogP contribution in [-0.2, 0) is 11.2 Å². The summed E-state index contributed by atoms with van der Waals surface area (Å²) in [6, 6.07) is 13.1. The SMILES string of the molecule is O=C(Cc1cccc(-c2nsc(Nc3ccc4[nH]ncc4c3Cl)n2)c1)c1ccn[nH]1.O=C(O)C(F)(F)F. The zero-order valence-corrected chi connectivity index (χ0v) is 19.9. The fraction of sp³-hybridized carbons (Fsp3) is 0.0909. The smallest absolute Gasteiger partial charge is 0.475 e. The molecule has 10 nitrogen and oxygen atoms in total. The van der Waals surface area contributed by atoms with Gasteiger partial charge in [0.2, 0.25) is 5.13 Å². The second-order valence-corrected chi connectivity index (χ2v) is 8.51. The summed E-state index contributed by atoms with van der Waals surface area (Å²) in [5, 5.41) is 25.8. The Kier molecular flexibility index (Phi) is 7.50. The number of alkyl halides is 3. The number of hydrogen-bond donors (Lipinski definition) is 4. The van der Waals surface area contributed by atoms with Gasteiger partial charge in [-0.2, -0.15) is 32.7 Å². The number of hydrogen-bond acceptors (Lipinski definition) is 8. The minimum absolute atomic E-state index is 0.0254. The Labute approximate surface area is 214 Å². The van der Waals surface area contributed by atoms with Crippen LogP contribution in [0, 0.1) is 0 Å². The maximum Gasteiger partial charge on any atom is 0.490 e. The number of ketones is 1. The third-order valence-corrected chi connectivity index (χ3v) is 5.86. The van der Waals surface area contributed by atoms with Crippen molar-refractivity contribution in [3.63, 3.8) is 0 Å². The molecule has 4 N–H and O–H groups in total. The number of nitrogens with zero attached hydrogens (tertiary/aromatic N) is 4. The van der Waals surface area contributed by atoms with Gasteiger partial charge in [0.15, 0.2) is 11.6 Å². The second kappa shape index (κ2) is 10.8. The molecule has 0 aliphatic rings. The topological polar surface area (TPSA) is 150 Å². The molecule has 5 aromatic rings. The molecule has 15 heteroatoms. The highest BCUT2D eigenvalue weighted by molar-refractivity contribution is 7.10. The molecule has 0 radical (unpaired) electrons. The zero-order valence-electron chi connectivity index (χ0n) is 18.4. The molecule has 0 fully saturated rings. The highest BCUT2D eigenvalue weighted by atomic mass is 35.5. The van der Waals surface area contributed by atoms with E-state index < -0.39 is 12.1 Å². The summed E-state index contributed by atoms with van der Waals surface area (Å²) in [5.74, 6) is -2.20. The van der Waals surface area contributed by atoms with E-state index in [0.29, 0.717) is 21.7 Å². The zero-order chi connectivity index (χ0) is 26.6. The van der Waals surface area contributed by atoms with Gasteiger partial charge in [-0.1, -0.05) is 29.8 Å². The number of benzene rings is 2. The van der Waals surface area contributed by atoms with Crippen LogP contribution in [0.25, 0.3) is 22.3 Å². The third-order valence-electron chi connectivity index (χ3n) is 4.82. The molecule has 0 atom stereocenters. The molecule has 0 aliphatic heterocycles. The fourth-order valence-electron chi connectivity index (χ4n) is 3.10. The first-order valence-electron chi connectivity index (χ1n) is 10.3. The van der Waals surface area contributed by atoms with Crippen molar-refractivity contribution >= 4 is 56.6 Å². The van der Waals surface area contributed by atoms with E-state index in [1.54, 1.807) is 18.5 Å². The maximum atomic E-state index is 12.3. The number of carbonyl (C=O) groups excluding carboxylic acids is 1. The quantitative estimate of drug-likeness (QED) is 0.209. The van der Waals surface area contributed by atoms with E-state index in [2.05, 4.69) is 35.1 Å². The van der Waals surface area contributed by atoms with Crippen molar-refractivity contribution in [2.24, 2.45) is 0 Å². The summed E-state index contributed by atoms with van der Waals surface area (Å²) in [6.07, 6.45) is -1.57. The van der Waals surface area contributed by atoms with E-state index in [9.17, 15) is 18.0 Å². The van der Waals surface area contributed by atoms with Crippen LogP contribution in [0.3, 0.4) is 0 Å². The number of anilines is 2. The molecule has 0 bridgehead atoms. The number of carbonyl (C=O) groups is 2. The summed E-state index contributed by atoms with van der Waals surface area (Å²) in [7, 11) is 0.